The average molecular weight is 389 g/mol. The number of benzene rings is 1. The van der Waals surface area contributed by atoms with E-state index in [0.29, 0.717) is 0 Å². The number of nitrogens with two attached hydrogens (primary N) is 1. The molecule has 9 heteroatoms. The Bertz CT molecular complexity index is 622. The molecule has 0 aliphatic carbocycles. The highest BCUT2D eigenvalue weighted by Crippen LogP contribution is 2.35. The molecule has 0 radical (unpaired) electrons. The monoisotopic (exact) mass is 388 g/mol. The van der Waals surface area contributed by atoms with E-state index in [1.165, 1.54) is 5.56 Å². The summed E-state index contributed by atoms with van der Waals surface area (Å²) in [5, 5.41) is 14.4. The maximum absolute atomic E-state index is 5.35. The maximum atomic E-state index is 5.35. The Hall–Kier alpha value is -1.32. The van der Waals surface area contributed by atoms with Crippen LogP contribution in [0.25, 0.3) is 0 Å². The van der Waals surface area contributed by atoms with Gasteiger partial charge in [0.2, 0.25) is 5.16 Å². The summed E-state index contributed by atoms with van der Waals surface area (Å²) in [5.74, 6) is 2.40. The summed E-state index contributed by atoms with van der Waals surface area (Å²) < 4.78 is 13.2. The smallest absolute Gasteiger partial charge is 0.209 e. The number of hydrogen-bond acceptors (Lipinski definition) is 6. The summed E-state index contributed by atoms with van der Waals surface area (Å²) in [5.41, 5.74) is 1.18. The minimum Gasteiger partial charge on any atom is -0.493 e. The van der Waals surface area contributed by atoms with E-state index >= 15 is 0 Å². The standard InChI is InChI=1S/C13H18BrN5O2S/c1-19-13(16-17-18-19)22-5-4-15-8-9-6-10(14)12(21-3)11(7-9)20-2/h6-7,15H,4-5,8H2,1-3H3/p+1. The van der Waals surface area contributed by atoms with Crippen LogP contribution in [0.2, 0.25) is 0 Å². The molecule has 2 N–H and O–H groups in total. The van der Waals surface area contributed by atoms with Gasteiger partial charge in [-0.25, -0.2) is 4.68 Å². The molecular weight excluding hydrogens is 370 g/mol. The number of hydrogen-bond donors (Lipinski definition) is 1. The zero-order chi connectivity index (χ0) is 15.9. The summed E-state index contributed by atoms with van der Waals surface area (Å²) in [6.07, 6.45) is 0. The topological polar surface area (TPSA) is 78.7 Å². The van der Waals surface area contributed by atoms with Crippen molar-refractivity contribution in [1.29, 1.82) is 0 Å². The van der Waals surface area contributed by atoms with Crippen LogP contribution in [0.4, 0.5) is 0 Å². The number of halogens is 1. The molecule has 1 aromatic heterocycles. The summed E-state index contributed by atoms with van der Waals surface area (Å²) in [6, 6.07) is 4.05. The van der Waals surface area contributed by atoms with Gasteiger partial charge in [0.05, 0.1) is 31.0 Å². The van der Waals surface area contributed by atoms with Gasteiger partial charge < -0.3 is 14.8 Å². The number of methoxy groups -OCH3 is 2. The van der Waals surface area contributed by atoms with Crippen LogP contribution in [0, 0.1) is 0 Å². The molecule has 7 nitrogen and oxygen atoms in total. The van der Waals surface area contributed by atoms with Crippen molar-refractivity contribution in [2.24, 2.45) is 7.05 Å². The van der Waals surface area contributed by atoms with Crippen LogP contribution in [0.1, 0.15) is 5.56 Å². The van der Waals surface area contributed by atoms with Crippen molar-refractivity contribution < 1.29 is 14.8 Å². The van der Waals surface area contributed by atoms with Gasteiger partial charge in [0.1, 0.15) is 6.54 Å². The van der Waals surface area contributed by atoms with E-state index in [1.54, 1.807) is 30.7 Å². The molecular formula is C13H19BrN5O2S+. The highest BCUT2D eigenvalue weighted by Gasteiger charge is 2.11. The fourth-order valence-corrected chi connectivity index (χ4v) is 3.37. The first-order valence-electron chi connectivity index (χ1n) is 6.73. The van der Waals surface area contributed by atoms with Crippen LogP contribution >= 0.6 is 27.7 Å². The molecule has 2 aromatic rings. The lowest BCUT2D eigenvalue weighted by Crippen LogP contribution is -2.83. The third-order valence-electron chi connectivity index (χ3n) is 3.01. The maximum Gasteiger partial charge on any atom is 0.209 e. The third-order valence-corrected chi connectivity index (χ3v) is 4.64. The number of rotatable bonds is 8. The van der Waals surface area contributed by atoms with E-state index < -0.39 is 0 Å². The number of quaternary nitrogens is 1. The number of ether oxygens (including phenoxy) is 2. The van der Waals surface area contributed by atoms with Gasteiger partial charge in [0.15, 0.2) is 11.5 Å². The van der Waals surface area contributed by atoms with Crippen molar-refractivity contribution in [3.8, 4) is 11.5 Å². The van der Waals surface area contributed by atoms with Gasteiger partial charge in [-0.1, -0.05) is 11.8 Å². The van der Waals surface area contributed by atoms with Gasteiger partial charge in [-0.15, -0.1) is 5.10 Å². The number of aromatic nitrogens is 4. The van der Waals surface area contributed by atoms with Crippen LogP contribution in [0.15, 0.2) is 21.8 Å². The minimum absolute atomic E-state index is 0.719. The van der Waals surface area contributed by atoms with Crippen molar-refractivity contribution in [2.45, 2.75) is 11.7 Å². The SMILES string of the molecule is COc1cc(C[NH2+]CCSc2nnnn2C)cc(Br)c1OC. The van der Waals surface area contributed by atoms with Crippen molar-refractivity contribution in [2.75, 3.05) is 26.5 Å². The summed E-state index contributed by atoms with van der Waals surface area (Å²) in [6.45, 7) is 1.85. The molecule has 0 amide bonds. The molecule has 22 heavy (non-hydrogen) atoms. The largest absolute Gasteiger partial charge is 0.493 e. The molecule has 0 aliphatic rings. The van der Waals surface area contributed by atoms with Gasteiger partial charge in [-0.3, -0.25) is 0 Å². The third kappa shape index (κ3) is 4.34. The van der Waals surface area contributed by atoms with Crippen LogP contribution in [0.5, 0.6) is 11.5 Å². The highest BCUT2D eigenvalue weighted by molar-refractivity contribution is 9.10. The lowest BCUT2D eigenvalue weighted by atomic mass is 10.2. The minimum atomic E-state index is 0.719. The quantitative estimate of drug-likeness (QED) is 0.533. The Balaban J connectivity index is 1.82. The zero-order valence-electron chi connectivity index (χ0n) is 12.7. The van der Waals surface area contributed by atoms with Crippen molar-refractivity contribution in [1.82, 2.24) is 20.2 Å². The first-order chi connectivity index (χ1) is 10.7. The summed E-state index contributed by atoms with van der Waals surface area (Å²) in [7, 11) is 5.11. The van der Waals surface area contributed by atoms with Crippen LogP contribution in [0.3, 0.4) is 0 Å². The lowest BCUT2D eigenvalue weighted by Gasteiger charge is -2.11. The average Bonchev–Trinajstić information content (AvgIpc) is 2.91. The lowest BCUT2D eigenvalue weighted by molar-refractivity contribution is -0.666. The number of nitrogens with zero attached hydrogens (tertiary/aromatic N) is 4. The van der Waals surface area contributed by atoms with Crippen LogP contribution in [-0.2, 0) is 13.6 Å². The second kappa shape index (κ2) is 8.35. The van der Waals surface area contributed by atoms with Crippen molar-refractivity contribution in [3.05, 3.63) is 22.2 Å². The summed E-state index contributed by atoms with van der Waals surface area (Å²) in [4.78, 5) is 0. The number of tetrazole rings is 1. The van der Waals surface area contributed by atoms with E-state index in [2.05, 4.69) is 42.8 Å². The predicted molar refractivity (Wildman–Crippen MR) is 87.3 cm³/mol. The van der Waals surface area contributed by atoms with E-state index in [1.807, 2.05) is 13.1 Å². The first kappa shape index (κ1) is 17.0. The number of aryl methyl sites for hydroxylation is 1. The fourth-order valence-electron chi connectivity index (χ4n) is 1.93. The Labute approximate surface area is 141 Å². The molecule has 120 valence electrons. The van der Waals surface area contributed by atoms with E-state index in [0.717, 1.165) is 40.0 Å². The molecule has 0 saturated carbocycles. The van der Waals surface area contributed by atoms with Crippen molar-refractivity contribution in [3.63, 3.8) is 0 Å². The Morgan fingerprint density at radius 2 is 2.14 bits per heavy atom. The van der Waals surface area contributed by atoms with Crippen molar-refractivity contribution >= 4 is 27.7 Å². The van der Waals surface area contributed by atoms with E-state index in [9.17, 15) is 0 Å². The summed E-state index contributed by atoms with van der Waals surface area (Å²) >= 11 is 5.16. The zero-order valence-corrected chi connectivity index (χ0v) is 15.1. The molecule has 1 heterocycles. The molecule has 0 saturated heterocycles. The van der Waals surface area contributed by atoms with E-state index in [-0.39, 0.29) is 0 Å². The normalized spacial score (nSPS) is 10.7. The van der Waals surface area contributed by atoms with Gasteiger partial charge in [-0.05, 0) is 38.5 Å². The van der Waals surface area contributed by atoms with Gasteiger partial charge in [0, 0.05) is 12.6 Å². The molecule has 1 aromatic carbocycles. The predicted octanol–water partition coefficient (Wildman–Crippen LogP) is 0.845. The molecule has 0 fully saturated rings. The highest BCUT2D eigenvalue weighted by atomic mass is 79.9. The Morgan fingerprint density at radius 3 is 2.77 bits per heavy atom. The molecule has 0 unspecified atom stereocenters. The van der Waals surface area contributed by atoms with Gasteiger partial charge in [0.25, 0.3) is 0 Å². The van der Waals surface area contributed by atoms with Gasteiger partial charge >= 0.3 is 0 Å². The second-order valence-corrected chi connectivity index (χ2v) is 6.44. The van der Waals surface area contributed by atoms with Gasteiger partial charge in [-0.2, -0.15) is 0 Å². The van der Waals surface area contributed by atoms with Crippen LogP contribution in [-0.4, -0.2) is 46.7 Å². The van der Waals surface area contributed by atoms with E-state index in [4.69, 9.17) is 9.47 Å². The second-order valence-electron chi connectivity index (χ2n) is 4.53. The Morgan fingerprint density at radius 1 is 1.32 bits per heavy atom. The first-order valence-corrected chi connectivity index (χ1v) is 8.50. The molecule has 2 rings (SSSR count). The van der Waals surface area contributed by atoms with Crippen LogP contribution < -0.4 is 14.8 Å². The fraction of sp³-hybridized carbons (Fsp3) is 0.462. The molecule has 0 spiro atoms. The molecule has 0 bridgehead atoms. The molecule has 0 aliphatic heterocycles. The molecule has 0 atom stereocenters. The Kier molecular flexibility index (Phi) is 6.47. The number of thioether (sulfide) groups is 1.